The van der Waals surface area contributed by atoms with Gasteiger partial charge in [-0.1, -0.05) is 114 Å². The molecule has 0 spiro atoms. The molecule has 186 valence electrons. The van der Waals surface area contributed by atoms with E-state index >= 15 is 0 Å². The first-order valence-corrected chi connectivity index (χ1v) is 19.3. The molecule has 0 bridgehead atoms. The Morgan fingerprint density at radius 3 is 1.94 bits per heavy atom. The van der Waals surface area contributed by atoms with Crippen molar-refractivity contribution >= 4 is 16.4 Å². The minimum Gasteiger partial charge on any atom is -0.408 e. The van der Waals surface area contributed by atoms with Gasteiger partial charge in [-0.05, 0) is 35.7 Å². The van der Waals surface area contributed by atoms with Gasteiger partial charge in [0, 0.05) is 12.5 Å². The maximum absolute atomic E-state index is 7.22. The molecule has 0 heterocycles. The molecule has 2 aromatic rings. The van der Waals surface area contributed by atoms with Crippen LogP contribution in [-0.2, 0) is 11.0 Å². The quantitative estimate of drug-likeness (QED) is 0.266. The molecular weight excluding hydrogens is 447 g/mol. The molecule has 4 heteroatoms. The Labute approximate surface area is 212 Å². The maximum Gasteiger partial charge on any atom is 0.192 e. The van der Waals surface area contributed by atoms with Gasteiger partial charge in [-0.2, -0.15) is 0 Å². The van der Waals surface area contributed by atoms with E-state index in [0.29, 0.717) is 0 Å². The highest BCUT2D eigenvalue weighted by molar-refractivity contribution is 6.83. The average molecular weight is 494 g/mol. The van der Waals surface area contributed by atoms with Crippen molar-refractivity contribution in [1.82, 2.24) is 5.32 Å². The molecule has 1 N–H and O–H groups in total. The molecule has 0 unspecified atom stereocenters. The number of nitrogens with one attached hydrogen (secondary N) is 1. The van der Waals surface area contributed by atoms with Crippen LogP contribution in [0.4, 0.5) is 0 Å². The van der Waals surface area contributed by atoms with Gasteiger partial charge in [-0.25, -0.2) is 0 Å². The fourth-order valence-electron chi connectivity index (χ4n) is 3.74. The van der Waals surface area contributed by atoms with Crippen molar-refractivity contribution in [2.24, 2.45) is 5.92 Å². The van der Waals surface area contributed by atoms with Gasteiger partial charge in [0.25, 0.3) is 0 Å². The van der Waals surface area contributed by atoms with Gasteiger partial charge in [-0.15, -0.1) is 11.5 Å². The van der Waals surface area contributed by atoms with Gasteiger partial charge < -0.3 is 9.74 Å². The summed E-state index contributed by atoms with van der Waals surface area (Å²) in [4.78, 5) is 0. The van der Waals surface area contributed by atoms with E-state index in [1.54, 1.807) is 0 Å². The highest BCUT2D eigenvalue weighted by Gasteiger charge is 2.42. The molecule has 0 aliphatic heterocycles. The molecule has 0 saturated heterocycles. The molecule has 0 saturated carbocycles. The summed E-state index contributed by atoms with van der Waals surface area (Å²) in [6.07, 6.45) is 2.13. The second-order valence-corrected chi connectivity index (χ2v) is 21.5. The van der Waals surface area contributed by atoms with Gasteiger partial charge in [0.2, 0.25) is 0 Å². The topological polar surface area (TPSA) is 21.3 Å². The largest absolute Gasteiger partial charge is 0.408 e. The predicted octanol–water partition coefficient (Wildman–Crippen LogP) is 8.21. The second-order valence-electron chi connectivity index (χ2n) is 12.0. The van der Waals surface area contributed by atoms with E-state index in [9.17, 15) is 0 Å². The molecule has 0 aromatic heterocycles. The molecule has 0 fully saturated rings. The number of rotatable bonds is 10. The Morgan fingerprint density at radius 2 is 1.44 bits per heavy atom. The van der Waals surface area contributed by atoms with Crippen LogP contribution < -0.4 is 5.32 Å². The van der Waals surface area contributed by atoms with Crippen molar-refractivity contribution in [2.45, 2.75) is 97.0 Å². The van der Waals surface area contributed by atoms with Crippen LogP contribution in [0.5, 0.6) is 0 Å². The molecule has 3 atom stereocenters. The van der Waals surface area contributed by atoms with Crippen molar-refractivity contribution in [3.63, 3.8) is 0 Å². The van der Waals surface area contributed by atoms with Crippen LogP contribution in [0.25, 0.3) is 0 Å². The Kier molecular flexibility index (Phi) is 10.4. The van der Waals surface area contributed by atoms with Crippen LogP contribution in [0, 0.1) is 17.4 Å². The second kappa shape index (κ2) is 12.4. The smallest absolute Gasteiger partial charge is 0.192 e. The lowest BCUT2D eigenvalue weighted by atomic mass is 9.88. The van der Waals surface area contributed by atoms with Crippen LogP contribution in [0.2, 0.25) is 37.8 Å². The Hall–Kier alpha value is -1.65. The minimum atomic E-state index is -2.03. The highest BCUT2D eigenvalue weighted by Crippen LogP contribution is 2.41. The van der Waals surface area contributed by atoms with Gasteiger partial charge in [0.05, 0.1) is 12.1 Å². The van der Waals surface area contributed by atoms with Gasteiger partial charge in [0.1, 0.15) is 8.07 Å². The van der Waals surface area contributed by atoms with Crippen molar-refractivity contribution in [3.8, 4) is 11.5 Å². The van der Waals surface area contributed by atoms with Gasteiger partial charge >= 0.3 is 0 Å². The summed E-state index contributed by atoms with van der Waals surface area (Å²) in [7, 11) is -3.52. The summed E-state index contributed by atoms with van der Waals surface area (Å²) in [5, 5.41) is 4.07. The van der Waals surface area contributed by atoms with E-state index in [0.717, 1.165) is 19.4 Å². The molecule has 0 radical (unpaired) electrons. The lowest BCUT2D eigenvalue weighted by molar-refractivity contribution is 0.114. The van der Waals surface area contributed by atoms with Crippen molar-refractivity contribution < 1.29 is 4.43 Å². The number of benzene rings is 2. The maximum atomic E-state index is 7.22. The van der Waals surface area contributed by atoms with Crippen molar-refractivity contribution in [2.75, 3.05) is 0 Å². The van der Waals surface area contributed by atoms with E-state index in [2.05, 4.69) is 138 Å². The first kappa shape index (κ1) is 28.6. The summed E-state index contributed by atoms with van der Waals surface area (Å²) in [5.74, 6) is 3.99. The summed E-state index contributed by atoms with van der Waals surface area (Å²) >= 11 is 0. The van der Waals surface area contributed by atoms with E-state index in [1.165, 1.54) is 11.1 Å². The predicted molar refractivity (Wildman–Crippen MR) is 154 cm³/mol. The molecule has 0 aliphatic carbocycles. The van der Waals surface area contributed by atoms with Crippen molar-refractivity contribution in [1.29, 1.82) is 0 Å². The van der Waals surface area contributed by atoms with E-state index in [1.807, 2.05) is 0 Å². The van der Waals surface area contributed by atoms with Crippen LogP contribution in [0.1, 0.15) is 57.8 Å². The number of hydrogen-bond donors (Lipinski definition) is 1. The molecule has 2 nitrogen and oxygen atoms in total. The first-order chi connectivity index (χ1) is 15.8. The standard InChI is InChI=1S/C30H47NOSi2/c1-10-17-26(22-23-33(5,6)7)28(31-24-25-18-13-11-14-19-25)29(27-20-15-12-16-21-27)32-34(8,9)30(2,3)4/h11-16,18-21,26,28-29,31H,10,17,24H2,1-9H3/t26-,28-,29+/m1/s1. The zero-order chi connectivity index (χ0) is 25.4. The van der Waals surface area contributed by atoms with E-state index < -0.39 is 16.4 Å². The summed E-state index contributed by atoms with van der Waals surface area (Å²) in [6, 6.07) is 21.6. The molecule has 2 aromatic carbocycles. The average Bonchev–Trinajstić information content (AvgIpc) is 2.76. The monoisotopic (exact) mass is 493 g/mol. The third kappa shape index (κ3) is 8.85. The highest BCUT2D eigenvalue weighted by atomic mass is 28.4. The lowest BCUT2D eigenvalue weighted by Crippen LogP contribution is -2.49. The molecular formula is C30H47NOSi2. The minimum absolute atomic E-state index is 0.0433. The summed E-state index contributed by atoms with van der Waals surface area (Å²) in [6.45, 7) is 21.8. The Morgan fingerprint density at radius 1 is 0.882 bits per heavy atom. The summed E-state index contributed by atoms with van der Waals surface area (Å²) in [5.41, 5.74) is 6.23. The molecule has 0 amide bonds. The van der Waals surface area contributed by atoms with Crippen LogP contribution in [0.3, 0.4) is 0 Å². The zero-order valence-corrected chi connectivity index (χ0v) is 25.0. The zero-order valence-electron chi connectivity index (χ0n) is 23.0. The van der Waals surface area contributed by atoms with Crippen LogP contribution in [-0.4, -0.2) is 22.4 Å². The van der Waals surface area contributed by atoms with Crippen LogP contribution in [0.15, 0.2) is 60.7 Å². The van der Waals surface area contributed by atoms with Gasteiger partial charge in [0.15, 0.2) is 8.32 Å². The third-order valence-corrected chi connectivity index (χ3v) is 12.1. The normalized spacial score (nSPS) is 15.2. The fourth-order valence-corrected chi connectivity index (χ4v) is 5.63. The van der Waals surface area contributed by atoms with E-state index in [4.69, 9.17) is 4.43 Å². The first-order valence-electron chi connectivity index (χ1n) is 12.9. The molecule has 0 aliphatic rings. The van der Waals surface area contributed by atoms with Crippen molar-refractivity contribution in [3.05, 3.63) is 71.8 Å². The van der Waals surface area contributed by atoms with Crippen LogP contribution >= 0.6 is 0 Å². The fraction of sp³-hybridized carbons (Fsp3) is 0.533. The molecule has 2 rings (SSSR count). The SMILES string of the molecule is CCC[C@H](C#C[Si](C)(C)C)[C@@H](NCc1ccccc1)[C@@H](O[Si](C)(C)C(C)(C)C)c1ccccc1. The third-order valence-electron chi connectivity index (χ3n) is 6.73. The lowest BCUT2D eigenvalue weighted by Gasteiger charge is -2.43. The molecule has 34 heavy (non-hydrogen) atoms. The Bertz CT molecular complexity index is 918. The number of hydrogen-bond acceptors (Lipinski definition) is 2. The Balaban J connectivity index is 2.56. The van der Waals surface area contributed by atoms with Gasteiger partial charge in [-0.3, -0.25) is 0 Å². The summed E-state index contributed by atoms with van der Waals surface area (Å²) < 4.78 is 7.22. The van der Waals surface area contributed by atoms with E-state index in [-0.39, 0.29) is 23.1 Å².